The number of nitrogens with two attached hydrogens (primary N) is 1. The number of nitrogens with zero attached hydrogens (tertiary/aromatic N) is 5. The lowest BCUT2D eigenvalue weighted by Gasteiger charge is -2.24. The third-order valence-electron chi connectivity index (χ3n) is 6.80. The van der Waals surface area contributed by atoms with E-state index in [1.165, 1.54) is 11.8 Å². The third kappa shape index (κ3) is 5.27. The van der Waals surface area contributed by atoms with Crippen LogP contribution in [-0.4, -0.2) is 57.4 Å². The summed E-state index contributed by atoms with van der Waals surface area (Å²) in [5.74, 6) is 1.58. The Balaban J connectivity index is 1.55. The Kier molecular flexibility index (Phi) is 7.46. The summed E-state index contributed by atoms with van der Waals surface area (Å²) in [6.45, 7) is 2.85. The van der Waals surface area contributed by atoms with Gasteiger partial charge in [-0.1, -0.05) is 6.07 Å². The molecule has 0 radical (unpaired) electrons. The molecule has 1 unspecified atom stereocenters. The highest BCUT2D eigenvalue weighted by molar-refractivity contribution is 5.92. The average Bonchev–Trinajstić information content (AvgIpc) is 3.31. The molecule has 5 rings (SSSR count). The van der Waals surface area contributed by atoms with Crippen LogP contribution in [0.2, 0.25) is 0 Å². The first-order chi connectivity index (χ1) is 17.3. The Morgan fingerprint density at radius 3 is 2.89 bits per heavy atom. The van der Waals surface area contributed by atoms with Gasteiger partial charge >= 0.3 is 0 Å². The second-order valence-corrected chi connectivity index (χ2v) is 9.13. The smallest absolute Gasteiger partial charge is 0.182 e. The molecule has 0 aliphatic carbocycles. The van der Waals surface area contributed by atoms with Crippen LogP contribution in [0, 0.1) is 0 Å². The van der Waals surface area contributed by atoms with E-state index in [0.717, 1.165) is 74.0 Å². The summed E-state index contributed by atoms with van der Waals surface area (Å²) in [6, 6.07) is 8.43. The number of hydrogen-bond donors (Lipinski definition) is 3. The number of aliphatic hydroxyl groups excluding tert-OH is 1. The molecule has 4 heterocycles. The quantitative estimate of drug-likeness (QED) is 0.446. The summed E-state index contributed by atoms with van der Waals surface area (Å²) in [6.07, 6.45) is 10.5. The zero-order chi connectivity index (χ0) is 24.0. The molecule has 2 fully saturated rings. The van der Waals surface area contributed by atoms with Gasteiger partial charge in [-0.3, -0.25) is 0 Å². The number of hydrogen-bond acceptors (Lipinski definition) is 8. The summed E-state index contributed by atoms with van der Waals surface area (Å²) in [7, 11) is 0. The second-order valence-electron chi connectivity index (χ2n) is 9.13. The molecular weight excluding hydrogens is 442 g/mol. The van der Waals surface area contributed by atoms with E-state index in [1.54, 1.807) is 18.5 Å². The van der Waals surface area contributed by atoms with Gasteiger partial charge in [-0.05, 0) is 87.0 Å². The first-order valence-electron chi connectivity index (χ1n) is 12.5. The van der Waals surface area contributed by atoms with Crippen molar-refractivity contribution in [1.29, 1.82) is 0 Å². The molecule has 2 aliphatic heterocycles. The summed E-state index contributed by atoms with van der Waals surface area (Å²) in [5, 5.41) is 18.7. The summed E-state index contributed by atoms with van der Waals surface area (Å²) in [5.41, 5.74) is 9.49. The number of benzene rings is 1. The van der Waals surface area contributed by atoms with Gasteiger partial charge < -0.3 is 20.9 Å². The van der Waals surface area contributed by atoms with Crippen molar-refractivity contribution in [3.8, 4) is 11.5 Å². The Bertz CT molecular complexity index is 1210. The number of piperidine rings is 1. The zero-order valence-electron chi connectivity index (χ0n) is 19.9. The minimum Gasteiger partial charge on any atom is -0.404 e. The lowest BCUT2D eigenvalue weighted by atomic mass is 9.89. The molecule has 1 atom stereocenters. The van der Waals surface area contributed by atoms with E-state index in [9.17, 15) is 5.11 Å². The number of nitrogens with one attached hydrogen (secondary N) is 1. The van der Waals surface area contributed by atoms with Crippen molar-refractivity contribution in [2.24, 2.45) is 10.7 Å². The largest absolute Gasteiger partial charge is 0.404 e. The highest BCUT2D eigenvalue weighted by atomic mass is 16.5. The van der Waals surface area contributed by atoms with Crippen molar-refractivity contribution < 1.29 is 9.84 Å². The summed E-state index contributed by atoms with van der Waals surface area (Å²) < 4.78 is 8.09. The standard InChI is InChI=1S/C26H33N7O2/c27-16-18(9-13-34)17-30-23-8-12-29-26(31-23)25-21-15-20(19-6-10-28-11-7-19)4-5-22(21)33(32-25)24-3-1-2-14-35-24/h4-5,8,12,15-17,19,24,28,34H,1-3,6-7,9-11,13-14,27H2. The predicted octanol–water partition coefficient (Wildman–Crippen LogP) is 3.59. The zero-order valence-corrected chi connectivity index (χ0v) is 19.9. The molecule has 0 amide bonds. The van der Waals surface area contributed by atoms with Gasteiger partial charge in [0.2, 0.25) is 0 Å². The average molecular weight is 476 g/mol. The number of aliphatic imine (C=N–C) groups is 1. The first kappa shape index (κ1) is 23.6. The third-order valence-corrected chi connectivity index (χ3v) is 6.80. The van der Waals surface area contributed by atoms with Gasteiger partial charge in [-0.25, -0.2) is 19.6 Å². The Morgan fingerprint density at radius 1 is 1.23 bits per heavy atom. The van der Waals surface area contributed by atoms with E-state index >= 15 is 0 Å². The van der Waals surface area contributed by atoms with Gasteiger partial charge in [0, 0.05) is 37.1 Å². The monoisotopic (exact) mass is 475 g/mol. The van der Waals surface area contributed by atoms with Crippen molar-refractivity contribution in [3.63, 3.8) is 0 Å². The molecule has 184 valence electrons. The van der Waals surface area contributed by atoms with Gasteiger partial charge in [0.15, 0.2) is 17.9 Å². The van der Waals surface area contributed by atoms with Gasteiger partial charge in [0.05, 0.1) is 5.52 Å². The fourth-order valence-electron chi connectivity index (χ4n) is 4.87. The maximum atomic E-state index is 9.18. The molecule has 2 aliphatic rings. The lowest BCUT2D eigenvalue weighted by molar-refractivity contribution is -0.0365. The Morgan fingerprint density at radius 2 is 2.11 bits per heavy atom. The van der Waals surface area contributed by atoms with Gasteiger partial charge in [-0.15, -0.1) is 0 Å². The summed E-state index contributed by atoms with van der Waals surface area (Å²) in [4.78, 5) is 13.7. The van der Waals surface area contributed by atoms with Crippen LogP contribution in [0.5, 0.6) is 0 Å². The van der Waals surface area contributed by atoms with Crippen LogP contribution in [0.15, 0.2) is 47.2 Å². The second kappa shape index (κ2) is 11.1. The number of aliphatic hydroxyl groups is 1. The highest BCUT2D eigenvalue weighted by Crippen LogP contribution is 2.35. The van der Waals surface area contributed by atoms with E-state index in [2.05, 4.69) is 33.5 Å². The fraction of sp³-hybridized carbons (Fsp3) is 0.462. The highest BCUT2D eigenvalue weighted by Gasteiger charge is 2.24. The van der Waals surface area contributed by atoms with Crippen LogP contribution in [-0.2, 0) is 4.74 Å². The molecule has 9 nitrogen and oxygen atoms in total. The van der Waals surface area contributed by atoms with E-state index in [1.807, 2.05) is 4.68 Å². The predicted molar refractivity (Wildman–Crippen MR) is 137 cm³/mol. The molecule has 9 heteroatoms. The number of aromatic nitrogens is 4. The van der Waals surface area contributed by atoms with Crippen molar-refractivity contribution in [3.05, 3.63) is 47.8 Å². The minimum absolute atomic E-state index is 0.0100. The maximum Gasteiger partial charge on any atom is 0.182 e. The molecule has 4 N–H and O–H groups in total. The van der Waals surface area contributed by atoms with Crippen LogP contribution in [0.25, 0.3) is 22.4 Å². The van der Waals surface area contributed by atoms with Crippen molar-refractivity contribution in [2.45, 2.75) is 50.7 Å². The van der Waals surface area contributed by atoms with Crippen LogP contribution in [0.3, 0.4) is 0 Å². The Labute approximate surface area is 205 Å². The van der Waals surface area contributed by atoms with Gasteiger partial charge in [-0.2, -0.15) is 5.10 Å². The van der Waals surface area contributed by atoms with E-state index in [-0.39, 0.29) is 12.8 Å². The van der Waals surface area contributed by atoms with E-state index in [0.29, 0.717) is 24.0 Å². The van der Waals surface area contributed by atoms with Crippen molar-refractivity contribution >= 4 is 22.9 Å². The first-order valence-corrected chi connectivity index (χ1v) is 12.5. The lowest BCUT2D eigenvalue weighted by Crippen LogP contribution is -2.26. The topological polar surface area (TPSA) is 123 Å². The van der Waals surface area contributed by atoms with Crippen LogP contribution in [0.1, 0.15) is 56.2 Å². The van der Waals surface area contributed by atoms with Gasteiger partial charge in [0.1, 0.15) is 5.69 Å². The molecule has 35 heavy (non-hydrogen) atoms. The molecule has 1 aromatic carbocycles. The molecule has 3 aromatic rings. The minimum atomic E-state index is -0.0818. The van der Waals surface area contributed by atoms with Crippen LogP contribution < -0.4 is 11.1 Å². The van der Waals surface area contributed by atoms with Crippen molar-refractivity contribution in [1.82, 2.24) is 25.1 Å². The van der Waals surface area contributed by atoms with Crippen LogP contribution >= 0.6 is 0 Å². The normalized spacial score (nSPS) is 20.1. The number of ether oxygens (including phenoxy) is 1. The van der Waals surface area contributed by atoms with Crippen LogP contribution in [0.4, 0.5) is 5.82 Å². The molecule has 2 saturated heterocycles. The van der Waals surface area contributed by atoms with E-state index in [4.69, 9.17) is 20.6 Å². The molecule has 0 saturated carbocycles. The summed E-state index contributed by atoms with van der Waals surface area (Å²) >= 11 is 0. The maximum absolute atomic E-state index is 9.18. The molecule has 0 bridgehead atoms. The van der Waals surface area contributed by atoms with E-state index < -0.39 is 0 Å². The number of rotatable bonds is 7. The molecule has 2 aromatic heterocycles. The molecular formula is C26H33N7O2. The van der Waals surface area contributed by atoms with Crippen molar-refractivity contribution in [2.75, 3.05) is 26.3 Å². The fourth-order valence-corrected chi connectivity index (χ4v) is 4.87. The molecule has 0 spiro atoms. The van der Waals surface area contributed by atoms with Gasteiger partial charge in [0.25, 0.3) is 0 Å². The SMILES string of the molecule is NC=C(C=Nc1ccnc(-c2nn(C3CCCCO3)c3ccc(C4CCNCC4)cc23)n1)CCO. The number of fused-ring (bicyclic) bond motifs is 1. The Hall–Kier alpha value is -3.14.